The van der Waals surface area contributed by atoms with Crippen molar-refractivity contribution in [1.82, 2.24) is 5.32 Å². The van der Waals surface area contributed by atoms with Crippen molar-refractivity contribution in [1.29, 1.82) is 0 Å². The van der Waals surface area contributed by atoms with E-state index in [9.17, 15) is 0 Å². The van der Waals surface area contributed by atoms with E-state index in [4.69, 9.17) is 0 Å². The SMILES string of the molecule is CNC1c2cc(C(C)C)ccc2SC1C. The number of thioether (sulfide) groups is 1. The highest BCUT2D eigenvalue weighted by Crippen LogP contribution is 2.44. The van der Waals surface area contributed by atoms with E-state index in [0.717, 1.165) is 0 Å². The minimum atomic E-state index is 0.517. The fourth-order valence-electron chi connectivity index (χ4n) is 2.19. The maximum absolute atomic E-state index is 3.42. The Morgan fingerprint density at radius 3 is 2.67 bits per heavy atom. The third kappa shape index (κ3) is 1.93. The smallest absolute Gasteiger partial charge is 0.0450 e. The van der Waals surface area contributed by atoms with Crippen molar-refractivity contribution in [2.24, 2.45) is 0 Å². The van der Waals surface area contributed by atoms with Gasteiger partial charge in [-0.3, -0.25) is 0 Å². The molecule has 1 N–H and O–H groups in total. The van der Waals surface area contributed by atoms with E-state index in [1.807, 2.05) is 11.8 Å². The van der Waals surface area contributed by atoms with Gasteiger partial charge in [-0.15, -0.1) is 11.8 Å². The second-order valence-electron chi connectivity index (χ2n) is 4.54. The first-order valence-corrected chi connectivity index (χ1v) is 6.49. The molecule has 0 fully saturated rings. The quantitative estimate of drug-likeness (QED) is 0.819. The van der Waals surface area contributed by atoms with Gasteiger partial charge in [0.15, 0.2) is 0 Å². The Morgan fingerprint density at radius 1 is 1.33 bits per heavy atom. The molecule has 1 heterocycles. The monoisotopic (exact) mass is 221 g/mol. The summed E-state index contributed by atoms with van der Waals surface area (Å²) in [5.74, 6) is 0.619. The molecule has 0 saturated heterocycles. The molecule has 2 atom stereocenters. The summed E-state index contributed by atoms with van der Waals surface area (Å²) < 4.78 is 0. The molecule has 2 unspecified atom stereocenters. The van der Waals surface area contributed by atoms with Gasteiger partial charge in [0, 0.05) is 16.2 Å². The summed E-state index contributed by atoms with van der Waals surface area (Å²) in [4.78, 5) is 1.45. The highest BCUT2D eigenvalue weighted by Gasteiger charge is 2.28. The predicted molar refractivity (Wildman–Crippen MR) is 67.7 cm³/mol. The van der Waals surface area contributed by atoms with Gasteiger partial charge in [-0.1, -0.05) is 32.9 Å². The summed E-state index contributed by atoms with van der Waals surface area (Å²) in [7, 11) is 2.05. The molecule has 1 nitrogen and oxygen atoms in total. The van der Waals surface area contributed by atoms with Crippen LogP contribution in [0.5, 0.6) is 0 Å². The van der Waals surface area contributed by atoms with Crippen LogP contribution < -0.4 is 5.32 Å². The van der Waals surface area contributed by atoms with Gasteiger partial charge in [-0.05, 0) is 30.2 Å². The first kappa shape index (κ1) is 11.0. The van der Waals surface area contributed by atoms with Crippen LogP contribution in [0.2, 0.25) is 0 Å². The Morgan fingerprint density at radius 2 is 2.07 bits per heavy atom. The van der Waals surface area contributed by atoms with Crippen LogP contribution in [0.15, 0.2) is 23.1 Å². The summed E-state index contributed by atoms with van der Waals surface area (Å²) in [5, 5.41) is 4.06. The first-order valence-electron chi connectivity index (χ1n) is 5.61. The van der Waals surface area contributed by atoms with E-state index in [1.165, 1.54) is 16.0 Å². The Kier molecular flexibility index (Phi) is 3.08. The third-order valence-electron chi connectivity index (χ3n) is 3.13. The normalized spacial score (nSPS) is 24.6. The van der Waals surface area contributed by atoms with Crippen LogP contribution in [0.3, 0.4) is 0 Å². The topological polar surface area (TPSA) is 12.0 Å². The van der Waals surface area contributed by atoms with Crippen LogP contribution in [0.25, 0.3) is 0 Å². The van der Waals surface area contributed by atoms with Crippen molar-refractivity contribution < 1.29 is 0 Å². The zero-order chi connectivity index (χ0) is 11.0. The number of nitrogens with one attached hydrogen (secondary N) is 1. The van der Waals surface area contributed by atoms with E-state index >= 15 is 0 Å². The standard InChI is InChI=1S/C13H19NS/c1-8(2)10-5-6-12-11(7-10)13(14-4)9(3)15-12/h5-9,13-14H,1-4H3. The summed E-state index contributed by atoms with van der Waals surface area (Å²) in [6.45, 7) is 6.80. The second kappa shape index (κ2) is 4.18. The Bertz CT molecular complexity index is 360. The van der Waals surface area contributed by atoms with Gasteiger partial charge in [0.2, 0.25) is 0 Å². The van der Waals surface area contributed by atoms with Crippen molar-refractivity contribution in [3.05, 3.63) is 29.3 Å². The summed E-state index contributed by atoms with van der Waals surface area (Å²) in [6, 6.07) is 7.44. The van der Waals surface area contributed by atoms with Crippen LogP contribution in [0.4, 0.5) is 0 Å². The Labute approximate surface area is 96.7 Å². The minimum absolute atomic E-state index is 0.517. The van der Waals surface area contributed by atoms with Crippen molar-refractivity contribution >= 4 is 11.8 Å². The fraction of sp³-hybridized carbons (Fsp3) is 0.538. The van der Waals surface area contributed by atoms with Crippen LogP contribution in [-0.2, 0) is 0 Å². The third-order valence-corrected chi connectivity index (χ3v) is 4.40. The maximum Gasteiger partial charge on any atom is 0.0450 e. The molecule has 2 heteroatoms. The number of fused-ring (bicyclic) bond motifs is 1. The molecule has 1 aliphatic rings. The van der Waals surface area contributed by atoms with E-state index in [2.05, 4.69) is 51.3 Å². The molecule has 1 aliphatic heterocycles. The van der Waals surface area contributed by atoms with E-state index in [1.54, 1.807) is 0 Å². The molecular formula is C13H19NS. The van der Waals surface area contributed by atoms with Crippen molar-refractivity contribution in [3.63, 3.8) is 0 Å². The van der Waals surface area contributed by atoms with Gasteiger partial charge in [0.1, 0.15) is 0 Å². The lowest BCUT2D eigenvalue weighted by Crippen LogP contribution is -2.21. The molecule has 0 spiro atoms. The number of rotatable bonds is 2. The van der Waals surface area contributed by atoms with Crippen LogP contribution >= 0.6 is 11.8 Å². The predicted octanol–water partition coefficient (Wildman–Crippen LogP) is 3.56. The molecule has 82 valence electrons. The molecule has 0 bridgehead atoms. The van der Waals surface area contributed by atoms with E-state index in [0.29, 0.717) is 17.2 Å². The lowest BCUT2D eigenvalue weighted by Gasteiger charge is -2.15. The van der Waals surface area contributed by atoms with Crippen LogP contribution in [-0.4, -0.2) is 12.3 Å². The van der Waals surface area contributed by atoms with Gasteiger partial charge >= 0.3 is 0 Å². The second-order valence-corrected chi connectivity index (χ2v) is 5.96. The molecule has 0 aromatic heterocycles. The first-order chi connectivity index (χ1) is 7.13. The average Bonchev–Trinajstić information content (AvgIpc) is 2.51. The molecule has 1 aromatic carbocycles. The molecule has 2 rings (SSSR count). The summed E-state index contributed by atoms with van der Waals surface area (Å²) in [6.07, 6.45) is 0. The molecule has 0 saturated carbocycles. The molecule has 0 radical (unpaired) electrons. The van der Waals surface area contributed by atoms with Gasteiger partial charge in [0.25, 0.3) is 0 Å². The largest absolute Gasteiger partial charge is 0.312 e. The van der Waals surface area contributed by atoms with Gasteiger partial charge in [-0.2, -0.15) is 0 Å². The highest BCUT2D eigenvalue weighted by atomic mass is 32.2. The fourth-order valence-corrected chi connectivity index (χ4v) is 3.48. The Balaban J connectivity index is 2.40. The average molecular weight is 221 g/mol. The van der Waals surface area contributed by atoms with Crippen LogP contribution in [0.1, 0.15) is 43.9 Å². The summed E-state index contributed by atoms with van der Waals surface area (Å²) >= 11 is 1.98. The molecule has 15 heavy (non-hydrogen) atoms. The molecule has 0 aliphatic carbocycles. The van der Waals surface area contributed by atoms with Gasteiger partial charge in [0.05, 0.1) is 0 Å². The lowest BCUT2D eigenvalue weighted by atomic mass is 9.97. The van der Waals surface area contributed by atoms with Gasteiger partial charge < -0.3 is 5.32 Å². The minimum Gasteiger partial charge on any atom is -0.312 e. The van der Waals surface area contributed by atoms with Crippen LogP contribution in [0, 0.1) is 0 Å². The lowest BCUT2D eigenvalue weighted by molar-refractivity contribution is 0.594. The summed E-state index contributed by atoms with van der Waals surface area (Å²) in [5.41, 5.74) is 2.94. The zero-order valence-electron chi connectivity index (χ0n) is 9.87. The number of hydrogen-bond acceptors (Lipinski definition) is 2. The number of benzene rings is 1. The molecule has 1 aromatic rings. The molecular weight excluding hydrogens is 202 g/mol. The maximum atomic E-state index is 3.42. The number of hydrogen-bond donors (Lipinski definition) is 1. The van der Waals surface area contributed by atoms with E-state index in [-0.39, 0.29) is 0 Å². The van der Waals surface area contributed by atoms with Crippen molar-refractivity contribution in [2.45, 2.75) is 42.9 Å². The molecule has 0 amide bonds. The van der Waals surface area contributed by atoms with Crippen molar-refractivity contribution in [3.8, 4) is 0 Å². The van der Waals surface area contributed by atoms with E-state index < -0.39 is 0 Å². The Hall–Kier alpha value is -0.470. The van der Waals surface area contributed by atoms with Crippen molar-refractivity contribution in [2.75, 3.05) is 7.05 Å². The highest BCUT2D eigenvalue weighted by molar-refractivity contribution is 8.00. The zero-order valence-corrected chi connectivity index (χ0v) is 10.7. The van der Waals surface area contributed by atoms with Gasteiger partial charge in [-0.25, -0.2) is 0 Å².